The summed E-state index contributed by atoms with van der Waals surface area (Å²) in [5, 5.41) is 10.1. The molecule has 8 heteroatoms. The van der Waals surface area contributed by atoms with Crippen LogP contribution in [-0.4, -0.2) is 33.7 Å². The van der Waals surface area contributed by atoms with Gasteiger partial charge in [-0.15, -0.1) is 10.2 Å². The smallest absolute Gasteiger partial charge is 0.262 e. The minimum atomic E-state index is -0.281. The molecule has 1 N–H and O–H groups in total. The molecule has 0 bridgehead atoms. The summed E-state index contributed by atoms with van der Waals surface area (Å²) in [6, 6.07) is 5.05. The van der Waals surface area contributed by atoms with E-state index in [2.05, 4.69) is 15.5 Å². The van der Waals surface area contributed by atoms with Gasteiger partial charge in [-0.3, -0.25) is 9.59 Å². The van der Waals surface area contributed by atoms with Crippen LogP contribution in [0, 0.1) is 0 Å². The Morgan fingerprint density at radius 1 is 1.52 bits per heavy atom. The lowest BCUT2D eigenvalue weighted by molar-refractivity contribution is -0.118. The van der Waals surface area contributed by atoms with Gasteiger partial charge in [-0.2, -0.15) is 0 Å². The quantitative estimate of drug-likeness (QED) is 0.687. The molecule has 0 saturated heterocycles. The van der Waals surface area contributed by atoms with Gasteiger partial charge in [0.1, 0.15) is 11.3 Å². The van der Waals surface area contributed by atoms with Crippen molar-refractivity contribution in [3.8, 4) is 5.75 Å². The van der Waals surface area contributed by atoms with Crippen molar-refractivity contribution in [2.75, 3.05) is 11.9 Å². The van der Waals surface area contributed by atoms with Gasteiger partial charge in [0.2, 0.25) is 0 Å². The second-order valence-electron chi connectivity index (χ2n) is 4.38. The Labute approximate surface area is 128 Å². The minimum Gasteiger partial charge on any atom is -0.482 e. The van der Waals surface area contributed by atoms with Crippen LogP contribution in [0.2, 0.25) is 0 Å². The Balaban J connectivity index is 1.78. The highest BCUT2D eigenvalue weighted by Gasteiger charge is 2.21. The van der Waals surface area contributed by atoms with E-state index in [1.54, 1.807) is 23.7 Å². The van der Waals surface area contributed by atoms with Crippen LogP contribution in [0.1, 0.15) is 17.3 Å². The number of rotatable bonds is 4. The molecule has 108 valence electrons. The summed E-state index contributed by atoms with van der Waals surface area (Å²) in [6.45, 7) is 1.83. The van der Waals surface area contributed by atoms with Crippen LogP contribution in [0.25, 0.3) is 0 Å². The van der Waals surface area contributed by atoms with Crippen molar-refractivity contribution in [3.05, 3.63) is 29.3 Å². The SMILES string of the molecule is C[C@H](Sc1nncs1)C(=O)c1ccc2c(c1)NC(=O)CO2. The molecule has 0 aliphatic carbocycles. The van der Waals surface area contributed by atoms with Gasteiger partial charge in [0.05, 0.1) is 10.9 Å². The van der Waals surface area contributed by atoms with E-state index in [1.165, 1.54) is 23.1 Å². The number of aromatic nitrogens is 2. The number of anilines is 1. The first-order chi connectivity index (χ1) is 10.1. The molecule has 1 aliphatic heterocycles. The fourth-order valence-corrected chi connectivity index (χ4v) is 3.59. The molecule has 0 fully saturated rings. The molecule has 1 aromatic carbocycles. The van der Waals surface area contributed by atoms with Crippen LogP contribution in [0.3, 0.4) is 0 Å². The number of thioether (sulfide) groups is 1. The summed E-state index contributed by atoms with van der Waals surface area (Å²) in [4.78, 5) is 23.7. The van der Waals surface area contributed by atoms with Gasteiger partial charge in [0.25, 0.3) is 5.91 Å². The first-order valence-electron chi connectivity index (χ1n) is 6.17. The molecular formula is C13H11N3O3S2. The zero-order valence-corrected chi connectivity index (χ0v) is 12.7. The third kappa shape index (κ3) is 3.06. The van der Waals surface area contributed by atoms with Crippen LogP contribution >= 0.6 is 23.1 Å². The number of benzene rings is 1. The van der Waals surface area contributed by atoms with E-state index in [4.69, 9.17) is 4.74 Å². The lowest BCUT2D eigenvalue weighted by Crippen LogP contribution is -2.25. The molecular weight excluding hydrogens is 310 g/mol. The standard InChI is InChI=1S/C13H11N3O3S2/c1-7(21-13-16-14-6-20-13)12(18)8-2-3-10-9(4-8)15-11(17)5-19-10/h2-4,6-7H,5H2,1H3,(H,15,17)/t7-/m0/s1. The molecule has 1 aromatic heterocycles. The first kappa shape index (κ1) is 14.0. The second kappa shape index (κ2) is 5.82. The molecule has 1 amide bonds. The van der Waals surface area contributed by atoms with Crippen molar-refractivity contribution in [1.29, 1.82) is 0 Å². The predicted molar refractivity (Wildman–Crippen MR) is 80.1 cm³/mol. The molecule has 6 nitrogen and oxygen atoms in total. The number of hydrogen-bond acceptors (Lipinski definition) is 7. The molecule has 0 spiro atoms. The summed E-state index contributed by atoms with van der Waals surface area (Å²) >= 11 is 2.77. The summed E-state index contributed by atoms with van der Waals surface area (Å²) in [7, 11) is 0. The average molecular weight is 321 g/mol. The molecule has 1 atom stereocenters. The van der Waals surface area contributed by atoms with E-state index in [-0.39, 0.29) is 23.5 Å². The lowest BCUT2D eigenvalue weighted by atomic mass is 10.1. The van der Waals surface area contributed by atoms with Crippen molar-refractivity contribution in [1.82, 2.24) is 10.2 Å². The van der Waals surface area contributed by atoms with Gasteiger partial charge in [0.15, 0.2) is 16.7 Å². The Morgan fingerprint density at radius 3 is 3.14 bits per heavy atom. The molecule has 2 aromatic rings. The molecule has 1 aliphatic rings. The number of Topliss-reactive ketones (excluding diaryl/α,β-unsaturated/α-hetero) is 1. The maximum Gasteiger partial charge on any atom is 0.262 e. The summed E-state index contributed by atoms with van der Waals surface area (Å²) < 4.78 is 6.03. The van der Waals surface area contributed by atoms with E-state index in [0.717, 1.165) is 4.34 Å². The molecule has 0 unspecified atom stereocenters. The van der Waals surface area contributed by atoms with Gasteiger partial charge < -0.3 is 10.1 Å². The molecule has 2 heterocycles. The Kier molecular flexibility index (Phi) is 3.89. The topological polar surface area (TPSA) is 81.2 Å². The number of carbonyl (C=O) groups is 2. The number of ether oxygens (including phenoxy) is 1. The zero-order valence-electron chi connectivity index (χ0n) is 11.0. The largest absolute Gasteiger partial charge is 0.482 e. The van der Waals surface area contributed by atoms with Gasteiger partial charge in [-0.25, -0.2) is 0 Å². The van der Waals surface area contributed by atoms with Crippen LogP contribution in [-0.2, 0) is 4.79 Å². The predicted octanol–water partition coefficient (Wildman–Crippen LogP) is 2.23. The van der Waals surface area contributed by atoms with Crippen molar-refractivity contribution in [2.24, 2.45) is 0 Å². The van der Waals surface area contributed by atoms with Crippen molar-refractivity contribution in [3.63, 3.8) is 0 Å². The number of carbonyl (C=O) groups excluding carboxylic acids is 2. The molecule has 0 radical (unpaired) electrons. The van der Waals surface area contributed by atoms with E-state index >= 15 is 0 Å². The summed E-state index contributed by atoms with van der Waals surface area (Å²) in [5.74, 6) is 0.330. The monoisotopic (exact) mass is 321 g/mol. The summed E-state index contributed by atoms with van der Waals surface area (Å²) in [6.07, 6.45) is 0. The normalized spacial score (nSPS) is 14.8. The Bertz CT molecular complexity index is 688. The van der Waals surface area contributed by atoms with Crippen molar-refractivity contribution >= 4 is 40.5 Å². The highest BCUT2D eigenvalue weighted by atomic mass is 32.2. The Hall–Kier alpha value is -1.93. The van der Waals surface area contributed by atoms with Crippen LogP contribution in [0.15, 0.2) is 28.0 Å². The van der Waals surface area contributed by atoms with E-state index in [1.807, 2.05) is 6.92 Å². The van der Waals surface area contributed by atoms with Crippen LogP contribution in [0.4, 0.5) is 5.69 Å². The highest BCUT2D eigenvalue weighted by Crippen LogP contribution is 2.31. The van der Waals surface area contributed by atoms with Crippen LogP contribution < -0.4 is 10.1 Å². The summed E-state index contributed by atoms with van der Waals surface area (Å²) in [5.41, 5.74) is 2.69. The number of nitrogens with zero attached hydrogens (tertiary/aromatic N) is 2. The van der Waals surface area contributed by atoms with Gasteiger partial charge in [-0.1, -0.05) is 23.1 Å². The third-order valence-corrected chi connectivity index (χ3v) is 4.80. The first-order valence-corrected chi connectivity index (χ1v) is 7.93. The van der Waals surface area contributed by atoms with E-state index in [9.17, 15) is 9.59 Å². The van der Waals surface area contributed by atoms with E-state index < -0.39 is 0 Å². The number of hydrogen-bond donors (Lipinski definition) is 1. The fourth-order valence-electron chi connectivity index (χ4n) is 1.89. The second-order valence-corrected chi connectivity index (χ2v) is 6.80. The van der Waals surface area contributed by atoms with Gasteiger partial charge in [-0.05, 0) is 25.1 Å². The maximum atomic E-state index is 12.4. The number of fused-ring (bicyclic) bond motifs is 1. The maximum absolute atomic E-state index is 12.4. The minimum absolute atomic E-state index is 0.00357. The number of nitrogens with one attached hydrogen (secondary N) is 1. The lowest BCUT2D eigenvalue weighted by Gasteiger charge is -2.18. The van der Waals surface area contributed by atoms with Gasteiger partial charge >= 0.3 is 0 Å². The van der Waals surface area contributed by atoms with Crippen LogP contribution in [0.5, 0.6) is 5.75 Å². The van der Waals surface area contributed by atoms with E-state index in [0.29, 0.717) is 17.0 Å². The fraction of sp³-hybridized carbons (Fsp3) is 0.231. The Morgan fingerprint density at radius 2 is 2.38 bits per heavy atom. The third-order valence-electron chi connectivity index (χ3n) is 2.88. The zero-order chi connectivity index (χ0) is 14.8. The van der Waals surface area contributed by atoms with Gasteiger partial charge in [0, 0.05) is 5.56 Å². The molecule has 3 rings (SSSR count). The number of amides is 1. The average Bonchev–Trinajstić information content (AvgIpc) is 2.98. The molecule has 0 saturated carbocycles. The number of ketones is 1. The molecule has 21 heavy (non-hydrogen) atoms. The van der Waals surface area contributed by atoms with Crippen molar-refractivity contribution < 1.29 is 14.3 Å². The van der Waals surface area contributed by atoms with Crippen molar-refractivity contribution in [2.45, 2.75) is 16.5 Å². The highest BCUT2D eigenvalue weighted by molar-refractivity contribution is 8.02.